The highest BCUT2D eigenvalue weighted by Crippen LogP contribution is 2.19. The SMILES string of the molecule is Cc1ccccc1NC(=O)N1CCN(c2ccc(-c3ccncc3)nn2)CC1. The molecule has 0 unspecified atom stereocenters. The van der Waals surface area contributed by atoms with E-state index in [1.807, 2.05) is 60.4 Å². The Labute approximate surface area is 164 Å². The fourth-order valence-electron chi connectivity index (χ4n) is 3.22. The van der Waals surface area contributed by atoms with Crippen LogP contribution in [0.1, 0.15) is 5.56 Å². The third-order valence-corrected chi connectivity index (χ3v) is 4.90. The summed E-state index contributed by atoms with van der Waals surface area (Å²) in [6, 6.07) is 15.5. The number of hydrogen-bond acceptors (Lipinski definition) is 5. The highest BCUT2D eigenvalue weighted by Gasteiger charge is 2.22. The van der Waals surface area contributed by atoms with Crippen LogP contribution in [-0.2, 0) is 0 Å². The van der Waals surface area contributed by atoms with Gasteiger partial charge >= 0.3 is 6.03 Å². The van der Waals surface area contributed by atoms with Gasteiger partial charge in [0.25, 0.3) is 0 Å². The molecule has 1 fully saturated rings. The molecule has 3 heterocycles. The number of rotatable bonds is 3. The maximum atomic E-state index is 12.5. The van der Waals surface area contributed by atoms with E-state index in [1.54, 1.807) is 12.4 Å². The molecule has 0 bridgehead atoms. The zero-order valence-corrected chi connectivity index (χ0v) is 15.7. The van der Waals surface area contributed by atoms with E-state index in [-0.39, 0.29) is 6.03 Å². The molecule has 7 nitrogen and oxygen atoms in total. The topological polar surface area (TPSA) is 74.2 Å². The first-order valence-corrected chi connectivity index (χ1v) is 9.31. The van der Waals surface area contributed by atoms with Crippen LogP contribution < -0.4 is 10.2 Å². The second kappa shape index (κ2) is 8.04. The maximum absolute atomic E-state index is 12.5. The van der Waals surface area contributed by atoms with E-state index in [2.05, 4.69) is 25.4 Å². The molecule has 0 radical (unpaired) electrons. The molecule has 142 valence electrons. The molecule has 28 heavy (non-hydrogen) atoms. The maximum Gasteiger partial charge on any atom is 0.321 e. The lowest BCUT2D eigenvalue weighted by Crippen LogP contribution is -2.50. The highest BCUT2D eigenvalue weighted by molar-refractivity contribution is 5.90. The summed E-state index contributed by atoms with van der Waals surface area (Å²) in [7, 11) is 0. The molecule has 1 aliphatic rings. The lowest BCUT2D eigenvalue weighted by Gasteiger charge is -2.35. The second-order valence-corrected chi connectivity index (χ2v) is 6.73. The third kappa shape index (κ3) is 3.93. The van der Waals surface area contributed by atoms with Crippen molar-refractivity contribution < 1.29 is 4.79 Å². The standard InChI is InChI=1S/C21H22N6O/c1-16-4-2-3-5-18(16)23-21(28)27-14-12-26(13-15-27)20-7-6-19(24-25-20)17-8-10-22-11-9-17/h2-11H,12-15H2,1H3,(H,23,28). The van der Waals surface area contributed by atoms with E-state index in [4.69, 9.17) is 0 Å². The molecule has 0 saturated carbocycles. The van der Waals surface area contributed by atoms with Crippen molar-refractivity contribution in [2.24, 2.45) is 0 Å². The van der Waals surface area contributed by atoms with E-state index < -0.39 is 0 Å². The summed E-state index contributed by atoms with van der Waals surface area (Å²) in [5.41, 5.74) is 3.72. The summed E-state index contributed by atoms with van der Waals surface area (Å²) < 4.78 is 0. The predicted molar refractivity (Wildman–Crippen MR) is 109 cm³/mol. The molecule has 2 amide bonds. The van der Waals surface area contributed by atoms with Crippen LogP contribution in [0.15, 0.2) is 60.9 Å². The number of benzene rings is 1. The van der Waals surface area contributed by atoms with Crippen molar-refractivity contribution in [3.05, 3.63) is 66.5 Å². The number of urea groups is 1. The molecule has 1 aliphatic heterocycles. The minimum Gasteiger partial charge on any atom is -0.352 e. The summed E-state index contributed by atoms with van der Waals surface area (Å²) in [5, 5.41) is 11.7. The zero-order valence-electron chi connectivity index (χ0n) is 15.7. The number of carbonyl (C=O) groups is 1. The average molecular weight is 374 g/mol. The first-order chi connectivity index (χ1) is 13.7. The molecule has 0 atom stereocenters. The molecular formula is C21H22N6O. The smallest absolute Gasteiger partial charge is 0.321 e. The van der Waals surface area contributed by atoms with Crippen LogP contribution in [-0.4, -0.2) is 52.3 Å². The van der Waals surface area contributed by atoms with E-state index in [9.17, 15) is 4.79 Å². The Bertz CT molecular complexity index is 937. The van der Waals surface area contributed by atoms with Crippen molar-refractivity contribution in [3.63, 3.8) is 0 Å². The Balaban J connectivity index is 1.35. The molecule has 0 spiro atoms. The van der Waals surface area contributed by atoms with Gasteiger partial charge in [-0.3, -0.25) is 4.98 Å². The van der Waals surface area contributed by atoms with Crippen LogP contribution in [0.3, 0.4) is 0 Å². The van der Waals surface area contributed by atoms with E-state index in [0.29, 0.717) is 13.1 Å². The van der Waals surface area contributed by atoms with Gasteiger partial charge in [-0.2, -0.15) is 0 Å². The summed E-state index contributed by atoms with van der Waals surface area (Å²) in [5.74, 6) is 0.830. The summed E-state index contributed by atoms with van der Waals surface area (Å²) >= 11 is 0. The number of nitrogens with one attached hydrogen (secondary N) is 1. The van der Waals surface area contributed by atoms with E-state index >= 15 is 0 Å². The van der Waals surface area contributed by atoms with Crippen molar-refractivity contribution in [1.82, 2.24) is 20.1 Å². The lowest BCUT2D eigenvalue weighted by atomic mass is 10.2. The van der Waals surface area contributed by atoms with E-state index in [1.165, 1.54) is 0 Å². The number of pyridine rings is 1. The largest absolute Gasteiger partial charge is 0.352 e. The minimum absolute atomic E-state index is 0.0620. The molecule has 1 aromatic carbocycles. The summed E-state index contributed by atoms with van der Waals surface area (Å²) in [6.07, 6.45) is 3.48. The second-order valence-electron chi connectivity index (χ2n) is 6.73. The number of para-hydroxylation sites is 1. The number of carbonyl (C=O) groups excluding carboxylic acids is 1. The van der Waals surface area contributed by atoms with Crippen LogP contribution in [0.5, 0.6) is 0 Å². The number of amides is 2. The van der Waals surface area contributed by atoms with Gasteiger partial charge in [-0.15, -0.1) is 10.2 Å². The predicted octanol–water partition coefficient (Wildman–Crippen LogP) is 3.20. The van der Waals surface area contributed by atoms with Gasteiger partial charge in [0.15, 0.2) is 5.82 Å². The van der Waals surface area contributed by atoms with Crippen molar-refractivity contribution >= 4 is 17.5 Å². The summed E-state index contributed by atoms with van der Waals surface area (Å²) in [4.78, 5) is 20.5. The van der Waals surface area contributed by atoms with Gasteiger partial charge in [0, 0.05) is 49.8 Å². The minimum atomic E-state index is -0.0620. The quantitative estimate of drug-likeness (QED) is 0.762. The van der Waals surface area contributed by atoms with Gasteiger partial charge in [0.05, 0.1) is 5.69 Å². The van der Waals surface area contributed by atoms with Crippen LogP contribution >= 0.6 is 0 Å². The molecule has 1 N–H and O–H groups in total. The Morgan fingerprint density at radius 3 is 2.36 bits per heavy atom. The van der Waals surface area contributed by atoms with Crippen molar-refractivity contribution in [2.75, 3.05) is 36.4 Å². The normalized spacial score (nSPS) is 14.0. The van der Waals surface area contributed by atoms with Gasteiger partial charge in [-0.25, -0.2) is 4.79 Å². The number of piperazine rings is 1. The van der Waals surface area contributed by atoms with Gasteiger partial charge in [-0.1, -0.05) is 18.2 Å². The van der Waals surface area contributed by atoms with Crippen LogP contribution in [0.2, 0.25) is 0 Å². The van der Waals surface area contributed by atoms with Crippen LogP contribution in [0.4, 0.5) is 16.3 Å². The Morgan fingerprint density at radius 2 is 1.68 bits per heavy atom. The van der Waals surface area contributed by atoms with Gasteiger partial charge in [0.1, 0.15) is 0 Å². The number of aryl methyl sites for hydroxylation is 1. The van der Waals surface area contributed by atoms with Crippen LogP contribution in [0.25, 0.3) is 11.3 Å². The molecular weight excluding hydrogens is 352 g/mol. The zero-order chi connectivity index (χ0) is 19.3. The first kappa shape index (κ1) is 17.9. The van der Waals surface area contributed by atoms with E-state index in [0.717, 1.165) is 41.4 Å². The molecule has 3 aromatic rings. The molecule has 2 aromatic heterocycles. The van der Waals surface area contributed by atoms with Crippen molar-refractivity contribution in [2.45, 2.75) is 6.92 Å². The molecule has 0 aliphatic carbocycles. The highest BCUT2D eigenvalue weighted by atomic mass is 16.2. The Morgan fingerprint density at radius 1 is 0.929 bits per heavy atom. The fraction of sp³-hybridized carbons (Fsp3) is 0.238. The Hall–Kier alpha value is -3.48. The van der Waals surface area contributed by atoms with Crippen LogP contribution in [0, 0.1) is 6.92 Å². The number of aromatic nitrogens is 3. The van der Waals surface area contributed by atoms with Gasteiger partial charge in [-0.05, 0) is 42.8 Å². The van der Waals surface area contributed by atoms with Gasteiger partial charge in [0.2, 0.25) is 0 Å². The lowest BCUT2D eigenvalue weighted by molar-refractivity contribution is 0.208. The number of hydrogen-bond donors (Lipinski definition) is 1. The Kier molecular flexibility index (Phi) is 5.14. The molecule has 4 rings (SSSR count). The monoisotopic (exact) mass is 374 g/mol. The average Bonchev–Trinajstić information content (AvgIpc) is 2.76. The van der Waals surface area contributed by atoms with Crippen molar-refractivity contribution in [3.8, 4) is 11.3 Å². The first-order valence-electron chi connectivity index (χ1n) is 9.31. The third-order valence-electron chi connectivity index (χ3n) is 4.90. The number of nitrogens with zero attached hydrogens (tertiary/aromatic N) is 5. The summed E-state index contributed by atoms with van der Waals surface area (Å²) in [6.45, 7) is 4.73. The fourth-order valence-corrected chi connectivity index (χ4v) is 3.22. The number of anilines is 2. The molecule has 1 saturated heterocycles. The van der Waals surface area contributed by atoms with Gasteiger partial charge < -0.3 is 15.1 Å². The van der Waals surface area contributed by atoms with Crippen molar-refractivity contribution in [1.29, 1.82) is 0 Å². The molecule has 7 heteroatoms.